The van der Waals surface area contributed by atoms with Gasteiger partial charge < -0.3 is 18.9 Å². The number of carbonyl (C=O) groups excluding carboxylic acids is 3. The molecule has 26 heavy (non-hydrogen) atoms. The second kappa shape index (κ2) is 10.4. The first-order valence-corrected chi connectivity index (χ1v) is 10.1. The Morgan fingerprint density at radius 2 is 1.50 bits per heavy atom. The Hall–Kier alpha value is -0.930. The van der Waals surface area contributed by atoms with Gasteiger partial charge >= 0.3 is 17.9 Å². The smallest absolute Gasteiger partial charge is 0.303 e. The molecule has 0 aromatic rings. The van der Waals surface area contributed by atoms with Gasteiger partial charge in [-0.05, 0) is 18.4 Å². The second-order valence-electron chi connectivity index (χ2n) is 5.57. The van der Waals surface area contributed by atoms with Crippen LogP contribution in [-0.2, 0) is 33.3 Å². The van der Waals surface area contributed by atoms with Crippen molar-refractivity contribution in [2.75, 3.05) is 18.1 Å². The molecule has 1 rings (SSSR count). The van der Waals surface area contributed by atoms with E-state index in [1.807, 2.05) is 20.8 Å². The summed E-state index contributed by atoms with van der Waals surface area (Å²) in [6, 6.07) is 0. The summed E-state index contributed by atoms with van der Waals surface area (Å²) in [7, 11) is 0. The molecule has 1 fully saturated rings. The van der Waals surface area contributed by atoms with Gasteiger partial charge in [-0.3, -0.25) is 14.4 Å². The number of thioether (sulfide) groups is 2. The van der Waals surface area contributed by atoms with E-state index >= 15 is 0 Å². The van der Waals surface area contributed by atoms with Gasteiger partial charge in [-0.25, -0.2) is 0 Å². The van der Waals surface area contributed by atoms with Gasteiger partial charge in [0.25, 0.3) is 0 Å². The molecule has 1 aliphatic heterocycles. The molecule has 1 heterocycles. The monoisotopic (exact) mass is 411 g/mol. The largest absolute Gasteiger partial charge is 0.456 e. The molecule has 1 unspecified atom stereocenters. The van der Waals surface area contributed by atoms with Crippen molar-refractivity contribution in [2.24, 2.45) is 0 Å². The second-order valence-corrected chi connectivity index (χ2v) is 9.26. The molecule has 0 aromatic carbocycles. The maximum Gasteiger partial charge on any atom is 0.303 e. The van der Waals surface area contributed by atoms with E-state index in [1.165, 1.54) is 0 Å². The molecule has 0 radical (unpaired) electrons. The lowest BCUT2D eigenvalue weighted by molar-refractivity contribution is -0.226. The summed E-state index contributed by atoms with van der Waals surface area (Å²) in [5.41, 5.74) is 0. The van der Waals surface area contributed by atoms with Crippen LogP contribution in [0.2, 0.25) is 0 Å². The average Bonchev–Trinajstić information content (AvgIpc) is 2.69. The van der Waals surface area contributed by atoms with Crippen molar-refractivity contribution in [3.05, 3.63) is 0 Å². The minimum atomic E-state index is -1.20. The van der Waals surface area contributed by atoms with E-state index in [0.29, 0.717) is 0 Å². The molecule has 1 saturated heterocycles. The fraction of sp³-hybridized carbons (Fsp3) is 0.824. The number of rotatable bonds is 8. The maximum absolute atomic E-state index is 12.0. The van der Waals surface area contributed by atoms with Crippen LogP contribution in [0.25, 0.3) is 0 Å². The first-order valence-electron chi connectivity index (χ1n) is 10.2. The zero-order valence-electron chi connectivity index (χ0n) is 18.2. The molecule has 0 aliphatic carbocycles. The molecule has 0 amide bonds. The number of esters is 3. The highest BCUT2D eigenvalue weighted by molar-refractivity contribution is 8.18. The lowest BCUT2D eigenvalue weighted by Gasteiger charge is -2.47. The van der Waals surface area contributed by atoms with E-state index in [1.54, 1.807) is 23.5 Å². The van der Waals surface area contributed by atoms with Crippen LogP contribution in [0.15, 0.2) is 0 Å². The third kappa shape index (κ3) is 6.35. The van der Waals surface area contributed by atoms with E-state index in [2.05, 4.69) is 0 Å². The van der Waals surface area contributed by atoms with Crippen molar-refractivity contribution in [3.63, 3.8) is 0 Å². The minimum Gasteiger partial charge on any atom is -0.456 e. The molecule has 0 spiro atoms. The average molecular weight is 412 g/mol. The van der Waals surface area contributed by atoms with E-state index in [-0.39, 0.29) is 6.61 Å². The number of hydrogen-bond acceptors (Lipinski definition) is 9. The summed E-state index contributed by atoms with van der Waals surface area (Å²) < 4.78 is 43.0. The zero-order valence-corrected chi connectivity index (χ0v) is 16.9. The summed E-state index contributed by atoms with van der Waals surface area (Å²) >= 11 is 3.16. The van der Waals surface area contributed by atoms with E-state index in [4.69, 9.17) is 23.1 Å². The molecular weight excluding hydrogens is 380 g/mol. The number of hydrogen-bond donors (Lipinski definition) is 0. The van der Waals surface area contributed by atoms with Gasteiger partial charge in [0.1, 0.15) is 6.10 Å². The quantitative estimate of drug-likeness (QED) is 0.339. The molecule has 0 N–H and O–H groups in total. The molecule has 0 bridgehead atoms. The Morgan fingerprint density at radius 1 is 1.00 bits per heavy atom. The van der Waals surface area contributed by atoms with Crippen molar-refractivity contribution < 1.29 is 37.4 Å². The summed E-state index contributed by atoms with van der Waals surface area (Å²) in [5, 5.41) is 0. The third-order valence-corrected chi connectivity index (χ3v) is 6.52. The number of carbonyl (C=O) groups is 3. The van der Waals surface area contributed by atoms with Crippen LogP contribution in [-0.4, -0.2) is 64.5 Å². The Kier molecular flexibility index (Phi) is 7.38. The predicted octanol–water partition coefficient (Wildman–Crippen LogP) is 2.40. The van der Waals surface area contributed by atoms with Crippen LogP contribution < -0.4 is 0 Å². The Labute approximate surface area is 167 Å². The topological polar surface area (TPSA) is 88.1 Å². The van der Waals surface area contributed by atoms with Crippen LogP contribution in [0.4, 0.5) is 0 Å². The first-order chi connectivity index (χ1) is 13.8. The fourth-order valence-electron chi connectivity index (χ4n) is 2.85. The minimum absolute atomic E-state index is 0.120. The highest BCUT2D eigenvalue weighted by Crippen LogP contribution is 2.45. The van der Waals surface area contributed by atoms with Gasteiger partial charge in [0.05, 0.1) is 10.7 Å². The zero-order chi connectivity index (χ0) is 22.0. The van der Waals surface area contributed by atoms with Crippen LogP contribution in [0.3, 0.4) is 0 Å². The van der Waals surface area contributed by atoms with Gasteiger partial charge in [-0.2, -0.15) is 0 Å². The van der Waals surface area contributed by atoms with Gasteiger partial charge in [0, 0.05) is 24.8 Å². The number of ether oxygens (including phenoxy) is 4. The molecule has 1 aliphatic rings. The third-order valence-electron chi connectivity index (χ3n) is 3.63. The van der Waals surface area contributed by atoms with Gasteiger partial charge in [-0.1, -0.05) is 13.8 Å². The SMILES string of the molecule is [2H]CC(=O)O[C@@H]1[C@H](OC(=O)C[2H])C(C(C)(SCC)SCC)OC[C@H]1OC(=O)C[2H]. The predicted molar refractivity (Wildman–Crippen MR) is 101 cm³/mol. The van der Waals surface area contributed by atoms with Crippen LogP contribution in [0.1, 0.15) is 45.6 Å². The van der Waals surface area contributed by atoms with Gasteiger partial charge in [0.15, 0.2) is 18.3 Å². The molecule has 4 atom stereocenters. The summed E-state index contributed by atoms with van der Waals surface area (Å²) in [6.45, 7) is 3.83. The summed E-state index contributed by atoms with van der Waals surface area (Å²) in [6.07, 6.45) is -4.15. The van der Waals surface area contributed by atoms with Crippen molar-refractivity contribution in [2.45, 2.75) is 70.0 Å². The molecular formula is C17H28O7S2. The summed E-state index contributed by atoms with van der Waals surface area (Å²) in [4.78, 5) is 35.5. The Balaban J connectivity index is 3.33. The fourth-order valence-corrected chi connectivity index (χ4v) is 5.77. The van der Waals surface area contributed by atoms with Gasteiger partial charge in [-0.15, -0.1) is 23.5 Å². The normalized spacial score (nSPS) is 27.6. The van der Waals surface area contributed by atoms with Crippen LogP contribution >= 0.6 is 23.5 Å². The van der Waals surface area contributed by atoms with E-state index in [0.717, 1.165) is 11.5 Å². The van der Waals surface area contributed by atoms with Crippen molar-refractivity contribution >= 4 is 41.4 Å². The molecule has 0 saturated carbocycles. The van der Waals surface area contributed by atoms with Crippen LogP contribution in [0.5, 0.6) is 0 Å². The highest BCUT2D eigenvalue weighted by Gasteiger charge is 2.53. The van der Waals surface area contributed by atoms with E-state index in [9.17, 15) is 14.4 Å². The van der Waals surface area contributed by atoms with Crippen LogP contribution in [0, 0.1) is 0 Å². The van der Waals surface area contributed by atoms with Crippen molar-refractivity contribution in [1.29, 1.82) is 0 Å². The highest BCUT2D eigenvalue weighted by atomic mass is 32.2. The Bertz CT molecular complexity index is 561. The lowest BCUT2D eigenvalue weighted by Crippen LogP contribution is -2.62. The van der Waals surface area contributed by atoms with Crippen molar-refractivity contribution in [1.82, 2.24) is 0 Å². The molecule has 0 aromatic heterocycles. The lowest BCUT2D eigenvalue weighted by atomic mass is 9.97. The molecule has 9 heteroatoms. The van der Waals surface area contributed by atoms with Gasteiger partial charge in [0.2, 0.25) is 0 Å². The Morgan fingerprint density at radius 3 is 2.00 bits per heavy atom. The summed E-state index contributed by atoms with van der Waals surface area (Å²) in [5.74, 6) is -1.06. The molecule has 7 nitrogen and oxygen atoms in total. The molecule has 150 valence electrons. The standard InChI is InChI=1S/C17H28O7S2/c1-7-25-17(6,26-8-2)16-15(24-12(5)20)14(23-11(4)19)13(9-21-16)22-10(3)18/h13-16H,7-9H2,1-6H3/t13-,14+,15+,16?/m1/s1/i3D,4D,5D. The first kappa shape index (κ1) is 18.4. The van der Waals surface area contributed by atoms with E-state index < -0.39 is 67.1 Å². The maximum atomic E-state index is 12.0. The van der Waals surface area contributed by atoms with Crippen molar-refractivity contribution in [3.8, 4) is 0 Å².